The number of rotatable bonds is 5. The quantitative estimate of drug-likeness (QED) is 0.523. The van der Waals surface area contributed by atoms with Gasteiger partial charge in [-0.05, 0) is 41.3 Å². The van der Waals surface area contributed by atoms with Crippen LogP contribution in [0.15, 0.2) is 78.9 Å². The zero-order valence-electron chi connectivity index (χ0n) is 16.5. The van der Waals surface area contributed by atoms with Crippen molar-refractivity contribution in [3.63, 3.8) is 0 Å². The molecule has 0 unspecified atom stereocenters. The Bertz CT molecular complexity index is 982. The van der Waals surface area contributed by atoms with E-state index in [0.29, 0.717) is 17.7 Å². The van der Waals surface area contributed by atoms with Gasteiger partial charge in [0.05, 0.1) is 0 Å². The normalized spacial score (nSPS) is 12.6. The van der Waals surface area contributed by atoms with Crippen LogP contribution in [-0.2, 0) is 17.8 Å². The molecule has 0 aromatic heterocycles. The van der Waals surface area contributed by atoms with Crippen molar-refractivity contribution in [2.45, 2.75) is 19.0 Å². The van der Waals surface area contributed by atoms with Crippen LogP contribution in [-0.4, -0.2) is 23.5 Å². The second kappa shape index (κ2) is 10.2. The SMILES string of the molecule is NCc1cccc(C(=O)N[C@@H](C(=O)O)c2ccccc2)c1.c1ccc2c(c1)CCN2. The van der Waals surface area contributed by atoms with E-state index in [4.69, 9.17) is 5.73 Å². The number of anilines is 1. The van der Waals surface area contributed by atoms with E-state index in [9.17, 15) is 14.7 Å². The van der Waals surface area contributed by atoms with Gasteiger partial charge in [0.25, 0.3) is 5.91 Å². The van der Waals surface area contributed by atoms with Crippen molar-refractivity contribution in [1.82, 2.24) is 5.32 Å². The summed E-state index contributed by atoms with van der Waals surface area (Å²) in [7, 11) is 0. The van der Waals surface area contributed by atoms with Gasteiger partial charge in [0.15, 0.2) is 6.04 Å². The highest BCUT2D eigenvalue weighted by atomic mass is 16.4. The van der Waals surface area contributed by atoms with Gasteiger partial charge in [0.1, 0.15) is 0 Å². The fraction of sp³-hybridized carbons (Fsp3) is 0.167. The Morgan fingerprint density at radius 1 is 1.00 bits per heavy atom. The molecule has 0 saturated carbocycles. The topological polar surface area (TPSA) is 104 Å². The zero-order valence-corrected chi connectivity index (χ0v) is 16.5. The Balaban J connectivity index is 0.000000234. The molecule has 1 heterocycles. The second-order valence-corrected chi connectivity index (χ2v) is 6.89. The van der Waals surface area contributed by atoms with Gasteiger partial charge < -0.3 is 21.5 Å². The number of nitrogens with two attached hydrogens (primary N) is 1. The molecule has 0 spiro atoms. The summed E-state index contributed by atoms with van der Waals surface area (Å²) in [5.41, 5.74) is 10.0. The van der Waals surface area contributed by atoms with Crippen LogP contribution >= 0.6 is 0 Å². The lowest BCUT2D eigenvalue weighted by molar-refractivity contribution is -0.139. The molecule has 154 valence electrons. The van der Waals surface area contributed by atoms with Crippen molar-refractivity contribution in [3.05, 3.63) is 101 Å². The third-order valence-electron chi connectivity index (χ3n) is 4.81. The fourth-order valence-electron chi connectivity index (χ4n) is 3.23. The smallest absolute Gasteiger partial charge is 0.330 e. The molecule has 4 rings (SSSR count). The van der Waals surface area contributed by atoms with E-state index >= 15 is 0 Å². The number of benzene rings is 3. The average molecular weight is 403 g/mol. The number of nitrogens with one attached hydrogen (secondary N) is 2. The van der Waals surface area contributed by atoms with Crippen molar-refractivity contribution in [2.75, 3.05) is 11.9 Å². The Morgan fingerprint density at radius 3 is 2.43 bits per heavy atom. The summed E-state index contributed by atoms with van der Waals surface area (Å²) in [5, 5.41) is 15.1. The number of para-hydroxylation sites is 1. The van der Waals surface area contributed by atoms with Crippen LogP contribution in [0.5, 0.6) is 0 Å². The molecule has 30 heavy (non-hydrogen) atoms. The highest BCUT2D eigenvalue weighted by Crippen LogP contribution is 2.20. The summed E-state index contributed by atoms with van der Waals surface area (Å²) >= 11 is 0. The highest BCUT2D eigenvalue weighted by molar-refractivity contribution is 5.97. The maximum absolute atomic E-state index is 12.2. The van der Waals surface area contributed by atoms with Crippen LogP contribution in [0.2, 0.25) is 0 Å². The maximum atomic E-state index is 12.2. The molecule has 1 aliphatic rings. The van der Waals surface area contributed by atoms with Crippen LogP contribution in [0.3, 0.4) is 0 Å². The summed E-state index contributed by atoms with van der Waals surface area (Å²) in [6.07, 6.45) is 1.19. The summed E-state index contributed by atoms with van der Waals surface area (Å²) in [4.78, 5) is 23.5. The van der Waals surface area contributed by atoms with Gasteiger partial charge in [-0.1, -0.05) is 60.7 Å². The number of amides is 1. The first-order valence-electron chi connectivity index (χ1n) is 9.78. The van der Waals surface area contributed by atoms with Crippen molar-refractivity contribution in [1.29, 1.82) is 0 Å². The third-order valence-corrected chi connectivity index (χ3v) is 4.81. The number of carboxylic acid groups (broad SMARTS) is 1. The molecule has 5 N–H and O–H groups in total. The molecule has 1 aliphatic heterocycles. The first-order chi connectivity index (χ1) is 14.6. The molecule has 3 aromatic rings. The Kier molecular flexibility index (Phi) is 7.19. The lowest BCUT2D eigenvalue weighted by Crippen LogP contribution is -2.33. The highest BCUT2D eigenvalue weighted by Gasteiger charge is 2.22. The number of carbonyl (C=O) groups excluding carboxylic acids is 1. The molecular weight excluding hydrogens is 378 g/mol. The molecule has 3 aromatic carbocycles. The minimum absolute atomic E-state index is 0.322. The van der Waals surface area contributed by atoms with Crippen LogP contribution in [0.25, 0.3) is 0 Å². The van der Waals surface area contributed by atoms with Crippen molar-refractivity contribution in [3.8, 4) is 0 Å². The number of hydrogen-bond acceptors (Lipinski definition) is 4. The van der Waals surface area contributed by atoms with E-state index in [1.54, 1.807) is 48.5 Å². The maximum Gasteiger partial charge on any atom is 0.330 e. The van der Waals surface area contributed by atoms with Crippen LogP contribution < -0.4 is 16.4 Å². The monoisotopic (exact) mass is 403 g/mol. The number of carboxylic acids is 1. The standard InChI is InChI=1S/C16H16N2O3.C8H9N/c17-10-11-5-4-8-13(9-11)15(19)18-14(16(20)21)12-6-2-1-3-7-12;1-2-4-8-7(3-1)5-6-9-8/h1-9,14H,10,17H2,(H,18,19)(H,20,21);1-4,9H,5-6H2/t14-;/m1./s1. The number of fused-ring (bicyclic) bond motifs is 1. The largest absolute Gasteiger partial charge is 0.479 e. The van der Waals surface area contributed by atoms with Crippen molar-refractivity contribution < 1.29 is 14.7 Å². The summed E-state index contributed by atoms with van der Waals surface area (Å²) in [6, 6.07) is 22.7. The first kappa shape index (κ1) is 21.1. The number of hydrogen-bond donors (Lipinski definition) is 4. The van der Waals surface area contributed by atoms with Gasteiger partial charge in [-0.2, -0.15) is 0 Å². The third kappa shape index (κ3) is 5.46. The summed E-state index contributed by atoms with van der Waals surface area (Å²) < 4.78 is 0. The fourth-order valence-corrected chi connectivity index (χ4v) is 3.23. The Labute approximate surface area is 175 Å². The van der Waals surface area contributed by atoms with Crippen LogP contribution in [0, 0.1) is 0 Å². The molecule has 0 fully saturated rings. The first-order valence-corrected chi connectivity index (χ1v) is 9.78. The number of carbonyl (C=O) groups is 2. The lowest BCUT2D eigenvalue weighted by Gasteiger charge is -2.15. The zero-order chi connectivity index (χ0) is 21.3. The van der Waals surface area contributed by atoms with Gasteiger partial charge in [0.2, 0.25) is 0 Å². The average Bonchev–Trinajstić information content (AvgIpc) is 3.27. The lowest BCUT2D eigenvalue weighted by atomic mass is 10.1. The Hall–Kier alpha value is -3.64. The van der Waals surface area contributed by atoms with Crippen LogP contribution in [0.1, 0.15) is 33.1 Å². The predicted octanol–water partition coefficient (Wildman–Crippen LogP) is 3.36. The van der Waals surface area contributed by atoms with E-state index in [0.717, 1.165) is 12.1 Å². The van der Waals surface area contributed by atoms with Crippen molar-refractivity contribution >= 4 is 17.6 Å². The predicted molar refractivity (Wildman–Crippen MR) is 117 cm³/mol. The summed E-state index contributed by atoms with van der Waals surface area (Å²) in [6.45, 7) is 1.43. The molecule has 0 aliphatic carbocycles. The van der Waals surface area contributed by atoms with E-state index in [-0.39, 0.29) is 0 Å². The van der Waals surface area contributed by atoms with Crippen molar-refractivity contribution in [2.24, 2.45) is 5.73 Å². The molecule has 0 saturated heterocycles. The minimum Gasteiger partial charge on any atom is -0.479 e. The van der Waals surface area contributed by atoms with Gasteiger partial charge in [-0.25, -0.2) is 4.79 Å². The molecule has 1 atom stereocenters. The van der Waals surface area contributed by atoms with Crippen LogP contribution in [0.4, 0.5) is 5.69 Å². The van der Waals surface area contributed by atoms with E-state index in [1.807, 2.05) is 6.07 Å². The van der Waals surface area contributed by atoms with E-state index in [1.165, 1.54) is 17.7 Å². The van der Waals surface area contributed by atoms with E-state index < -0.39 is 17.9 Å². The molecular formula is C24H25N3O3. The molecule has 1 amide bonds. The molecule has 6 heteroatoms. The van der Waals surface area contributed by atoms with Gasteiger partial charge in [0, 0.05) is 24.3 Å². The molecule has 0 bridgehead atoms. The van der Waals surface area contributed by atoms with Gasteiger partial charge in [-0.3, -0.25) is 4.79 Å². The van der Waals surface area contributed by atoms with E-state index in [2.05, 4.69) is 34.9 Å². The minimum atomic E-state index is -1.11. The summed E-state index contributed by atoms with van der Waals surface area (Å²) in [5.74, 6) is -1.55. The molecule has 6 nitrogen and oxygen atoms in total. The van der Waals surface area contributed by atoms with Gasteiger partial charge >= 0.3 is 5.97 Å². The van der Waals surface area contributed by atoms with Gasteiger partial charge in [-0.15, -0.1) is 0 Å². The Morgan fingerprint density at radius 2 is 1.73 bits per heavy atom. The molecule has 0 radical (unpaired) electrons. The second-order valence-electron chi connectivity index (χ2n) is 6.89. The number of aliphatic carboxylic acids is 1.